The maximum atomic E-state index is 11.0. The van der Waals surface area contributed by atoms with E-state index in [0.29, 0.717) is 0 Å². The molecule has 17 heavy (non-hydrogen) atoms. The first-order valence-electron chi connectivity index (χ1n) is 5.70. The smallest absolute Gasteiger partial charge is 0.411 e. The molecule has 92 valence electrons. The van der Waals surface area contributed by atoms with E-state index in [1.54, 1.807) is 0 Å². The van der Waals surface area contributed by atoms with Crippen molar-refractivity contribution in [3.05, 3.63) is 24.3 Å². The lowest BCUT2D eigenvalue weighted by Gasteiger charge is -2.29. The molecule has 0 atom stereocenters. The first-order valence-corrected chi connectivity index (χ1v) is 5.70. The summed E-state index contributed by atoms with van der Waals surface area (Å²) in [5.74, 6) is 0. The zero-order valence-corrected chi connectivity index (χ0v) is 9.90. The molecule has 2 N–H and O–H groups in total. The maximum absolute atomic E-state index is 11.0. The fourth-order valence-corrected chi connectivity index (χ4v) is 1.85. The van der Waals surface area contributed by atoms with Gasteiger partial charge in [-0.25, -0.2) is 4.79 Å². The normalized spacial score (nSPS) is 15.5. The van der Waals surface area contributed by atoms with Gasteiger partial charge in [-0.1, -0.05) is 0 Å². The second-order valence-electron chi connectivity index (χ2n) is 3.90. The summed E-state index contributed by atoms with van der Waals surface area (Å²) >= 11 is 0. The Morgan fingerprint density at radius 3 is 2.53 bits per heavy atom. The van der Waals surface area contributed by atoms with Crippen molar-refractivity contribution < 1.29 is 9.53 Å². The molecule has 1 saturated heterocycles. The van der Waals surface area contributed by atoms with Crippen molar-refractivity contribution in [3.8, 4) is 0 Å². The van der Waals surface area contributed by atoms with Gasteiger partial charge in [0.15, 0.2) is 0 Å². The molecule has 5 nitrogen and oxygen atoms in total. The molecular formula is C12H17N3O2. The van der Waals surface area contributed by atoms with Crippen molar-refractivity contribution in [2.75, 3.05) is 43.5 Å². The molecule has 0 radical (unpaired) electrons. The molecule has 1 aromatic rings. The Balaban J connectivity index is 1.99. The number of benzene rings is 1. The van der Waals surface area contributed by atoms with E-state index in [9.17, 15) is 4.79 Å². The second-order valence-corrected chi connectivity index (χ2v) is 3.90. The van der Waals surface area contributed by atoms with Gasteiger partial charge in [0.05, 0.1) is 7.11 Å². The minimum absolute atomic E-state index is 0.445. The average molecular weight is 235 g/mol. The summed E-state index contributed by atoms with van der Waals surface area (Å²) in [4.78, 5) is 13.3. The molecule has 0 bridgehead atoms. The van der Waals surface area contributed by atoms with Crippen LogP contribution in [-0.4, -0.2) is 39.4 Å². The van der Waals surface area contributed by atoms with Crippen LogP contribution in [0, 0.1) is 0 Å². The van der Waals surface area contributed by atoms with Gasteiger partial charge in [0.1, 0.15) is 0 Å². The maximum Gasteiger partial charge on any atom is 0.411 e. The van der Waals surface area contributed by atoms with Crippen LogP contribution in [0.15, 0.2) is 24.3 Å². The molecule has 0 spiro atoms. The summed E-state index contributed by atoms with van der Waals surface area (Å²) in [5.41, 5.74) is 1.93. The number of hydrogen-bond acceptors (Lipinski definition) is 4. The van der Waals surface area contributed by atoms with E-state index in [1.165, 1.54) is 12.8 Å². The average Bonchev–Trinajstić information content (AvgIpc) is 2.40. The molecule has 1 aliphatic heterocycles. The van der Waals surface area contributed by atoms with Crippen molar-refractivity contribution in [2.24, 2.45) is 0 Å². The number of methoxy groups -OCH3 is 1. The fourth-order valence-electron chi connectivity index (χ4n) is 1.85. The minimum atomic E-state index is -0.445. The van der Waals surface area contributed by atoms with E-state index in [2.05, 4.69) is 20.3 Å². The summed E-state index contributed by atoms with van der Waals surface area (Å²) in [7, 11) is 1.35. The summed E-state index contributed by atoms with van der Waals surface area (Å²) in [6.07, 6.45) is -0.445. The fraction of sp³-hybridized carbons (Fsp3) is 0.417. The van der Waals surface area contributed by atoms with Crippen molar-refractivity contribution in [3.63, 3.8) is 0 Å². The highest BCUT2D eigenvalue weighted by molar-refractivity contribution is 5.84. The molecule has 0 aromatic heterocycles. The highest BCUT2D eigenvalue weighted by Gasteiger charge is 2.10. The van der Waals surface area contributed by atoms with E-state index in [0.717, 1.165) is 31.9 Å². The van der Waals surface area contributed by atoms with Crippen LogP contribution in [0.25, 0.3) is 0 Å². The number of carbonyl (C=O) groups is 1. The lowest BCUT2D eigenvalue weighted by atomic mass is 10.2. The number of anilines is 2. The van der Waals surface area contributed by atoms with Crippen LogP contribution in [0.1, 0.15) is 0 Å². The number of carbonyl (C=O) groups excluding carboxylic acids is 1. The lowest BCUT2D eigenvalue weighted by Crippen LogP contribution is -2.43. The van der Waals surface area contributed by atoms with Gasteiger partial charge < -0.3 is 15.0 Å². The van der Waals surface area contributed by atoms with E-state index in [4.69, 9.17) is 0 Å². The number of nitrogens with zero attached hydrogens (tertiary/aromatic N) is 1. The van der Waals surface area contributed by atoms with Crippen molar-refractivity contribution in [2.45, 2.75) is 0 Å². The molecule has 5 heteroatoms. The zero-order chi connectivity index (χ0) is 12.1. The van der Waals surface area contributed by atoms with Gasteiger partial charge in [-0.05, 0) is 24.3 Å². The first kappa shape index (κ1) is 11.7. The molecule has 2 rings (SSSR count). The summed E-state index contributed by atoms with van der Waals surface area (Å²) in [5, 5.41) is 5.94. The Bertz CT molecular complexity index is 372. The zero-order valence-electron chi connectivity index (χ0n) is 9.90. The SMILES string of the molecule is COC(=O)Nc1ccc(N2CCNCC2)cc1. The molecule has 1 aliphatic rings. The van der Waals surface area contributed by atoms with Crippen LogP contribution in [0.2, 0.25) is 0 Å². The summed E-state index contributed by atoms with van der Waals surface area (Å²) in [6.45, 7) is 4.07. The highest BCUT2D eigenvalue weighted by Crippen LogP contribution is 2.18. The molecule has 1 fully saturated rings. The molecule has 0 aliphatic carbocycles. The number of piperazine rings is 1. The standard InChI is InChI=1S/C12H17N3O2/c1-17-12(16)14-10-2-4-11(5-3-10)15-8-6-13-7-9-15/h2-5,13H,6-9H2,1H3,(H,14,16). The van der Waals surface area contributed by atoms with E-state index >= 15 is 0 Å². The van der Waals surface area contributed by atoms with Crippen LogP contribution < -0.4 is 15.5 Å². The number of rotatable bonds is 2. The van der Waals surface area contributed by atoms with Gasteiger partial charge in [0.25, 0.3) is 0 Å². The quantitative estimate of drug-likeness (QED) is 0.810. The van der Waals surface area contributed by atoms with Crippen molar-refractivity contribution in [1.82, 2.24) is 5.32 Å². The van der Waals surface area contributed by atoms with Gasteiger partial charge in [0, 0.05) is 37.6 Å². The predicted octanol–water partition coefficient (Wildman–Crippen LogP) is 1.27. The molecule has 0 saturated carbocycles. The van der Waals surface area contributed by atoms with Gasteiger partial charge in [-0.2, -0.15) is 0 Å². The van der Waals surface area contributed by atoms with Crippen molar-refractivity contribution in [1.29, 1.82) is 0 Å². The van der Waals surface area contributed by atoms with Gasteiger partial charge >= 0.3 is 6.09 Å². The molecule has 1 amide bonds. The molecular weight excluding hydrogens is 218 g/mol. The predicted molar refractivity (Wildman–Crippen MR) is 67.6 cm³/mol. The van der Waals surface area contributed by atoms with E-state index in [1.807, 2.05) is 24.3 Å². The van der Waals surface area contributed by atoms with E-state index in [-0.39, 0.29) is 0 Å². The van der Waals surface area contributed by atoms with Gasteiger partial charge in [-0.3, -0.25) is 5.32 Å². The minimum Gasteiger partial charge on any atom is -0.453 e. The Kier molecular flexibility index (Phi) is 3.82. The van der Waals surface area contributed by atoms with Crippen molar-refractivity contribution >= 4 is 17.5 Å². The largest absolute Gasteiger partial charge is 0.453 e. The van der Waals surface area contributed by atoms with Crippen LogP contribution in [0.4, 0.5) is 16.2 Å². The topological polar surface area (TPSA) is 53.6 Å². The Hall–Kier alpha value is -1.75. The van der Waals surface area contributed by atoms with E-state index < -0.39 is 6.09 Å². The molecule has 0 unspecified atom stereocenters. The molecule has 1 heterocycles. The van der Waals surface area contributed by atoms with Crippen LogP contribution >= 0.6 is 0 Å². The van der Waals surface area contributed by atoms with Crippen LogP contribution in [0.5, 0.6) is 0 Å². The van der Waals surface area contributed by atoms with Crippen LogP contribution in [0.3, 0.4) is 0 Å². The third kappa shape index (κ3) is 3.10. The Morgan fingerprint density at radius 2 is 1.94 bits per heavy atom. The number of nitrogens with one attached hydrogen (secondary N) is 2. The number of amides is 1. The molecule has 1 aromatic carbocycles. The summed E-state index contributed by atoms with van der Waals surface area (Å²) in [6, 6.07) is 7.79. The van der Waals surface area contributed by atoms with Gasteiger partial charge in [-0.15, -0.1) is 0 Å². The second kappa shape index (κ2) is 5.54. The third-order valence-corrected chi connectivity index (χ3v) is 2.78. The first-order chi connectivity index (χ1) is 8.29. The lowest BCUT2D eigenvalue weighted by molar-refractivity contribution is 0.187. The van der Waals surface area contributed by atoms with Gasteiger partial charge in [0.2, 0.25) is 0 Å². The third-order valence-electron chi connectivity index (χ3n) is 2.78. The Morgan fingerprint density at radius 1 is 1.29 bits per heavy atom. The monoisotopic (exact) mass is 235 g/mol. The summed E-state index contributed by atoms with van der Waals surface area (Å²) < 4.78 is 4.53. The Labute approximate surface area is 101 Å². The number of ether oxygens (including phenoxy) is 1. The number of hydrogen-bond donors (Lipinski definition) is 2. The highest BCUT2D eigenvalue weighted by atomic mass is 16.5. The van der Waals surface area contributed by atoms with Crippen LogP contribution in [-0.2, 0) is 4.74 Å².